The van der Waals surface area contributed by atoms with E-state index in [1.807, 2.05) is 11.0 Å². The molecule has 0 atom stereocenters. The Balaban J connectivity index is 1.54. The van der Waals surface area contributed by atoms with Crippen LogP contribution in [0.3, 0.4) is 0 Å². The maximum Gasteiger partial charge on any atom is 0.254 e. The average Bonchev–Trinajstić information content (AvgIpc) is 2.57. The molecule has 1 aliphatic heterocycles. The molecule has 0 bridgehead atoms. The molecule has 0 aliphatic carbocycles. The fourth-order valence-electron chi connectivity index (χ4n) is 2.76. The molecule has 0 saturated carbocycles. The lowest BCUT2D eigenvalue weighted by molar-refractivity contribution is -0.917. The molecule has 0 unspecified atom stereocenters. The Bertz CT molecular complexity index is 577. The van der Waals surface area contributed by atoms with Gasteiger partial charge in [0.25, 0.3) is 5.91 Å². The van der Waals surface area contributed by atoms with Crippen LogP contribution in [0.25, 0.3) is 0 Å². The summed E-state index contributed by atoms with van der Waals surface area (Å²) in [6, 6.07) is 14.1. The summed E-state index contributed by atoms with van der Waals surface area (Å²) >= 11 is 0. The molecule has 1 N–H and O–H groups in total. The molecule has 0 spiro atoms. The molecule has 4 nitrogen and oxygen atoms in total. The van der Waals surface area contributed by atoms with Crippen molar-refractivity contribution in [3.05, 3.63) is 66.0 Å². The van der Waals surface area contributed by atoms with E-state index in [4.69, 9.17) is 0 Å². The zero-order valence-corrected chi connectivity index (χ0v) is 12.0. The van der Waals surface area contributed by atoms with E-state index in [1.165, 1.54) is 5.56 Å². The van der Waals surface area contributed by atoms with Crippen molar-refractivity contribution in [2.45, 2.75) is 6.54 Å². The molecule has 3 rings (SSSR count). The summed E-state index contributed by atoms with van der Waals surface area (Å²) in [5.41, 5.74) is 2.10. The van der Waals surface area contributed by atoms with E-state index in [0.29, 0.717) is 0 Å². The van der Waals surface area contributed by atoms with Gasteiger partial charge in [-0.1, -0.05) is 30.3 Å². The van der Waals surface area contributed by atoms with E-state index in [9.17, 15) is 4.79 Å². The van der Waals surface area contributed by atoms with Gasteiger partial charge in [-0.15, -0.1) is 0 Å². The Labute approximate surface area is 125 Å². The van der Waals surface area contributed by atoms with E-state index in [2.05, 4.69) is 29.2 Å². The van der Waals surface area contributed by atoms with Crippen LogP contribution < -0.4 is 4.90 Å². The number of quaternary nitrogens is 1. The van der Waals surface area contributed by atoms with Gasteiger partial charge in [0.2, 0.25) is 0 Å². The highest BCUT2D eigenvalue weighted by Gasteiger charge is 2.24. The summed E-state index contributed by atoms with van der Waals surface area (Å²) in [6.07, 6.45) is 3.34. The van der Waals surface area contributed by atoms with E-state index in [1.54, 1.807) is 29.4 Å². The largest absolute Gasteiger partial charge is 0.328 e. The summed E-state index contributed by atoms with van der Waals surface area (Å²) in [7, 11) is 0. The number of pyridine rings is 1. The minimum Gasteiger partial charge on any atom is -0.328 e. The van der Waals surface area contributed by atoms with Crippen LogP contribution in [0.5, 0.6) is 0 Å². The number of rotatable bonds is 3. The first kappa shape index (κ1) is 13.8. The maximum absolute atomic E-state index is 12.4. The highest BCUT2D eigenvalue weighted by molar-refractivity contribution is 5.94. The minimum atomic E-state index is 0.121. The number of nitrogens with one attached hydrogen (secondary N) is 1. The van der Waals surface area contributed by atoms with Crippen LogP contribution in [0.1, 0.15) is 15.9 Å². The first-order chi connectivity index (χ1) is 10.3. The Kier molecular flexibility index (Phi) is 4.26. The van der Waals surface area contributed by atoms with E-state index < -0.39 is 0 Å². The third-order valence-electron chi connectivity index (χ3n) is 3.98. The van der Waals surface area contributed by atoms with Crippen molar-refractivity contribution < 1.29 is 9.69 Å². The molecule has 1 aliphatic rings. The standard InChI is InChI=1S/C17H19N3O/c21-17(16-6-8-18-9-7-16)20-12-10-19(11-13-20)14-15-4-2-1-3-5-15/h1-9H,10-14H2/p+1. The summed E-state index contributed by atoms with van der Waals surface area (Å²) in [4.78, 5) is 19.8. The van der Waals surface area contributed by atoms with Crippen LogP contribution in [0.2, 0.25) is 0 Å². The highest BCUT2D eigenvalue weighted by Crippen LogP contribution is 2.04. The smallest absolute Gasteiger partial charge is 0.254 e. The van der Waals surface area contributed by atoms with Gasteiger partial charge < -0.3 is 9.80 Å². The number of piperazine rings is 1. The van der Waals surface area contributed by atoms with Crippen molar-refractivity contribution in [2.24, 2.45) is 0 Å². The molecule has 1 fully saturated rings. The van der Waals surface area contributed by atoms with Crippen LogP contribution in [-0.2, 0) is 6.54 Å². The lowest BCUT2D eigenvalue weighted by Gasteiger charge is -2.32. The van der Waals surface area contributed by atoms with E-state index in [0.717, 1.165) is 38.3 Å². The number of carbonyl (C=O) groups excluding carboxylic acids is 1. The van der Waals surface area contributed by atoms with Crippen molar-refractivity contribution in [1.82, 2.24) is 9.88 Å². The predicted octanol–water partition coefficient (Wildman–Crippen LogP) is 0.622. The first-order valence-corrected chi connectivity index (χ1v) is 7.40. The van der Waals surface area contributed by atoms with Gasteiger partial charge in [-0.05, 0) is 12.1 Å². The first-order valence-electron chi connectivity index (χ1n) is 7.40. The maximum atomic E-state index is 12.4. The summed E-state index contributed by atoms with van der Waals surface area (Å²) in [6.45, 7) is 4.70. The van der Waals surface area contributed by atoms with E-state index in [-0.39, 0.29) is 5.91 Å². The fraction of sp³-hybridized carbons (Fsp3) is 0.294. The predicted molar refractivity (Wildman–Crippen MR) is 81.0 cm³/mol. The Morgan fingerprint density at radius 2 is 1.71 bits per heavy atom. The molecular formula is C17H20N3O+. The lowest BCUT2D eigenvalue weighted by Crippen LogP contribution is -3.13. The topological polar surface area (TPSA) is 37.6 Å². The number of amides is 1. The Hall–Kier alpha value is -2.20. The molecule has 4 heteroatoms. The Morgan fingerprint density at radius 1 is 1.05 bits per heavy atom. The molecular weight excluding hydrogens is 262 g/mol. The van der Waals surface area contributed by atoms with Crippen molar-refractivity contribution in [3.63, 3.8) is 0 Å². The molecule has 108 valence electrons. The third kappa shape index (κ3) is 3.47. The lowest BCUT2D eigenvalue weighted by atomic mass is 10.2. The van der Waals surface area contributed by atoms with Gasteiger partial charge in [-0.25, -0.2) is 0 Å². The van der Waals surface area contributed by atoms with Gasteiger partial charge in [0, 0.05) is 23.5 Å². The fourth-order valence-corrected chi connectivity index (χ4v) is 2.76. The molecule has 1 amide bonds. The molecule has 1 saturated heterocycles. The van der Waals surface area contributed by atoms with Gasteiger partial charge in [0.1, 0.15) is 6.54 Å². The number of carbonyl (C=O) groups is 1. The van der Waals surface area contributed by atoms with Crippen LogP contribution in [0.15, 0.2) is 54.9 Å². The van der Waals surface area contributed by atoms with E-state index >= 15 is 0 Å². The normalized spacial score (nSPS) is 15.9. The molecule has 1 aromatic carbocycles. The monoisotopic (exact) mass is 282 g/mol. The minimum absolute atomic E-state index is 0.121. The van der Waals surface area contributed by atoms with Crippen LogP contribution in [-0.4, -0.2) is 42.0 Å². The SMILES string of the molecule is O=C(c1ccncc1)N1CC[NH+](Cc2ccccc2)CC1. The summed E-state index contributed by atoms with van der Waals surface area (Å²) in [5.74, 6) is 0.121. The number of nitrogens with zero attached hydrogens (tertiary/aromatic N) is 2. The molecule has 2 aromatic rings. The second-order valence-corrected chi connectivity index (χ2v) is 5.44. The molecule has 21 heavy (non-hydrogen) atoms. The number of aromatic nitrogens is 1. The summed E-state index contributed by atoms with van der Waals surface area (Å²) in [5, 5.41) is 0. The van der Waals surface area contributed by atoms with Gasteiger partial charge in [-0.2, -0.15) is 0 Å². The zero-order chi connectivity index (χ0) is 14.5. The van der Waals surface area contributed by atoms with Crippen molar-refractivity contribution in [3.8, 4) is 0 Å². The summed E-state index contributed by atoms with van der Waals surface area (Å²) < 4.78 is 0. The average molecular weight is 282 g/mol. The van der Waals surface area contributed by atoms with Crippen molar-refractivity contribution in [1.29, 1.82) is 0 Å². The van der Waals surface area contributed by atoms with Crippen LogP contribution in [0.4, 0.5) is 0 Å². The van der Waals surface area contributed by atoms with Gasteiger partial charge in [-0.3, -0.25) is 9.78 Å². The van der Waals surface area contributed by atoms with Gasteiger partial charge in [0.15, 0.2) is 0 Å². The van der Waals surface area contributed by atoms with Gasteiger partial charge in [0.05, 0.1) is 26.2 Å². The van der Waals surface area contributed by atoms with Crippen LogP contribution in [0, 0.1) is 0 Å². The molecule has 2 heterocycles. The zero-order valence-electron chi connectivity index (χ0n) is 12.0. The number of hydrogen-bond acceptors (Lipinski definition) is 2. The highest BCUT2D eigenvalue weighted by atomic mass is 16.2. The van der Waals surface area contributed by atoms with Crippen molar-refractivity contribution in [2.75, 3.05) is 26.2 Å². The number of benzene rings is 1. The molecule has 0 radical (unpaired) electrons. The van der Waals surface area contributed by atoms with Gasteiger partial charge >= 0.3 is 0 Å². The van der Waals surface area contributed by atoms with Crippen molar-refractivity contribution >= 4 is 5.91 Å². The quantitative estimate of drug-likeness (QED) is 0.896. The Morgan fingerprint density at radius 3 is 2.38 bits per heavy atom. The van der Waals surface area contributed by atoms with Crippen LogP contribution >= 0.6 is 0 Å². The second-order valence-electron chi connectivity index (χ2n) is 5.44. The molecule has 1 aromatic heterocycles. The number of hydrogen-bond donors (Lipinski definition) is 1. The second kappa shape index (κ2) is 6.50. The third-order valence-corrected chi connectivity index (χ3v) is 3.98.